The van der Waals surface area contributed by atoms with E-state index in [1.54, 1.807) is 6.08 Å². The summed E-state index contributed by atoms with van der Waals surface area (Å²) in [6.45, 7) is 2.20. The summed E-state index contributed by atoms with van der Waals surface area (Å²) in [5.74, 6) is 0.587. The fourth-order valence-corrected chi connectivity index (χ4v) is 2.37. The van der Waals surface area contributed by atoms with Gasteiger partial charge in [0.2, 0.25) is 5.91 Å². The van der Waals surface area contributed by atoms with Gasteiger partial charge in [0.15, 0.2) is 0 Å². The van der Waals surface area contributed by atoms with Crippen molar-refractivity contribution < 1.29 is 4.79 Å². The van der Waals surface area contributed by atoms with Crippen LogP contribution in [0.4, 0.5) is 5.69 Å². The predicted molar refractivity (Wildman–Crippen MR) is 74.8 cm³/mol. The Morgan fingerprint density at radius 3 is 2.67 bits per heavy atom. The normalized spacial score (nSPS) is 23.4. The quantitative estimate of drug-likeness (QED) is 0.634. The lowest BCUT2D eigenvalue weighted by Crippen LogP contribution is -2.35. The Morgan fingerprint density at radius 2 is 2.06 bits per heavy atom. The zero-order chi connectivity index (χ0) is 13.0. The first kappa shape index (κ1) is 12.7. The molecule has 1 aliphatic rings. The zero-order valence-corrected chi connectivity index (χ0v) is 10.7. The van der Waals surface area contributed by atoms with Crippen molar-refractivity contribution in [3.63, 3.8) is 0 Å². The number of rotatable bonds is 3. The Bertz CT molecular complexity index is 436. The SMILES string of the molecule is CC1CCCC1NC(=O)/C=C/c1ccc(N)cc1. The molecule has 1 aliphatic carbocycles. The van der Waals surface area contributed by atoms with E-state index in [1.165, 1.54) is 12.8 Å². The lowest BCUT2D eigenvalue weighted by atomic mass is 10.1. The summed E-state index contributed by atoms with van der Waals surface area (Å²) in [7, 11) is 0. The van der Waals surface area contributed by atoms with Crippen LogP contribution < -0.4 is 11.1 Å². The summed E-state index contributed by atoms with van der Waals surface area (Å²) in [6, 6.07) is 7.80. The summed E-state index contributed by atoms with van der Waals surface area (Å²) in [6.07, 6.45) is 6.94. The van der Waals surface area contributed by atoms with E-state index >= 15 is 0 Å². The first-order chi connectivity index (χ1) is 8.65. The largest absolute Gasteiger partial charge is 0.399 e. The van der Waals surface area contributed by atoms with E-state index in [4.69, 9.17) is 5.73 Å². The maximum absolute atomic E-state index is 11.8. The van der Waals surface area contributed by atoms with Crippen molar-refractivity contribution in [2.75, 3.05) is 5.73 Å². The van der Waals surface area contributed by atoms with Crippen LogP contribution in [-0.4, -0.2) is 11.9 Å². The van der Waals surface area contributed by atoms with Crippen LogP contribution in [-0.2, 0) is 4.79 Å². The number of anilines is 1. The van der Waals surface area contributed by atoms with E-state index in [2.05, 4.69) is 12.2 Å². The summed E-state index contributed by atoms with van der Waals surface area (Å²) >= 11 is 0. The maximum Gasteiger partial charge on any atom is 0.244 e. The molecule has 3 N–H and O–H groups in total. The monoisotopic (exact) mass is 244 g/mol. The van der Waals surface area contributed by atoms with E-state index in [-0.39, 0.29) is 5.91 Å². The molecule has 0 radical (unpaired) electrons. The number of amides is 1. The number of carbonyl (C=O) groups is 1. The van der Waals surface area contributed by atoms with Crippen LogP contribution in [0.5, 0.6) is 0 Å². The molecule has 3 nitrogen and oxygen atoms in total. The summed E-state index contributed by atoms with van der Waals surface area (Å²) in [4.78, 5) is 11.8. The summed E-state index contributed by atoms with van der Waals surface area (Å²) in [5.41, 5.74) is 7.32. The van der Waals surface area contributed by atoms with Gasteiger partial charge in [-0.15, -0.1) is 0 Å². The first-order valence-corrected chi connectivity index (χ1v) is 6.49. The van der Waals surface area contributed by atoms with Crippen LogP contribution in [0, 0.1) is 5.92 Å². The topological polar surface area (TPSA) is 55.1 Å². The molecule has 0 aromatic heterocycles. The molecule has 1 saturated carbocycles. The molecule has 2 unspecified atom stereocenters. The number of nitrogens with one attached hydrogen (secondary N) is 1. The smallest absolute Gasteiger partial charge is 0.244 e. The van der Waals surface area contributed by atoms with E-state index in [0.29, 0.717) is 12.0 Å². The van der Waals surface area contributed by atoms with Crippen LogP contribution in [0.3, 0.4) is 0 Å². The van der Waals surface area contributed by atoms with Gasteiger partial charge in [-0.25, -0.2) is 0 Å². The van der Waals surface area contributed by atoms with Gasteiger partial charge in [0.1, 0.15) is 0 Å². The zero-order valence-electron chi connectivity index (χ0n) is 10.7. The van der Waals surface area contributed by atoms with Gasteiger partial charge in [-0.1, -0.05) is 25.5 Å². The van der Waals surface area contributed by atoms with Gasteiger partial charge in [0, 0.05) is 17.8 Å². The Labute approximate surface area is 108 Å². The van der Waals surface area contributed by atoms with E-state index in [1.807, 2.05) is 30.3 Å². The maximum atomic E-state index is 11.8. The highest BCUT2D eigenvalue weighted by Gasteiger charge is 2.23. The van der Waals surface area contributed by atoms with Crippen molar-refractivity contribution in [2.24, 2.45) is 5.92 Å². The van der Waals surface area contributed by atoms with Gasteiger partial charge < -0.3 is 11.1 Å². The van der Waals surface area contributed by atoms with Gasteiger partial charge in [-0.05, 0) is 42.5 Å². The van der Waals surface area contributed by atoms with Crippen molar-refractivity contribution in [3.8, 4) is 0 Å². The Kier molecular flexibility index (Phi) is 4.03. The van der Waals surface area contributed by atoms with E-state index in [9.17, 15) is 4.79 Å². The van der Waals surface area contributed by atoms with Crippen molar-refractivity contribution in [1.82, 2.24) is 5.32 Å². The third-order valence-corrected chi connectivity index (χ3v) is 3.55. The fraction of sp³-hybridized carbons (Fsp3) is 0.400. The molecular weight excluding hydrogens is 224 g/mol. The van der Waals surface area contributed by atoms with Crippen LogP contribution in [0.1, 0.15) is 31.7 Å². The van der Waals surface area contributed by atoms with Crippen molar-refractivity contribution >= 4 is 17.7 Å². The van der Waals surface area contributed by atoms with Gasteiger partial charge in [0.25, 0.3) is 0 Å². The second kappa shape index (κ2) is 5.71. The highest BCUT2D eigenvalue weighted by Crippen LogP contribution is 2.24. The van der Waals surface area contributed by atoms with Crippen molar-refractivity contribution in [3.05, 3.63) is 35.9 Å². The minimum Gasteiger partial charge on any atom is -0.399 e. The Morgan fingerprint density at radius 1 is 1.33 bits per heavy atom. The van der Waals surface area contributed by atoms with Crippen molar-refractivity contribution in [1.29, 1.82) is 0 Å². The standard InChI is InChI=1S/C15H20N2O/c1-11-3-2-4-14(11)17-15(18)10-7-12-5-8-13(16)9-6-12/h5-11,14H,2-4,16H2,1H3,(H,17,18)/b10-7+. The number of nitrogens with two attached hydrogens (primary N) is 1. The lowest BCUT2D eigenvalue weighted by Gasteiger charge is -2.15. The molecule has 0 saturated heterocycles. The molecule has 0 heterocycles. The molecule has 0 aliphatic heterocycles. The molecule has 96 valence electrons. The Hall–Kier alpha value is -1.77. The molecule has 18 heavy (non-hydrogen) atoms. The molecule has 1 amide bonds. The van der Waals surface area contributed by atoms with E-state index in [0.717, 1.165) is 17.7 Å². The number of nitrogen functional groups attached to an aromatic ring is 1. The average molecular weight is 244 g/mol. The van der Waals surface area contributed by atoms with Gasteiger partial charge in [0.05, 0.1) is 0 Å². The third-order valence-electron chi connectivity index (χ3n) is 3.55. The molecule has 1 fully saturated rings. The number of hydrogen-bond acceptors (Lipinski definition) is 2. The Balaban J connectivity index is 1.88. The third kappa shape index (κ3) is 3.36. The second-order valence-electron chi connectivity index (χ2n) is 5.02. The van der Waals surface area contributed by atoms with Crippen LogP contribution in [0.2, 0.25) is 0 Å². The van der Waals surface area contributed by atoms with Gasteiger partial charge >= 0.3 is 0 Å². The highest BCUT2D eigenvalue weighted by atomic mass is 16.1. The molecule has 2 atom stereocenters. The minimum absolute atomic E-state index is 0.00873. The minimum atomic E-state index is -0.00873. The molecule has 3 heteroatoms. The van der Waals surface area contributed by atoms with Crippen LogP contribution >= 0.6 is 0 Å². The van der Waals surface area contributed by atoms with Crippen LogP contribution in [0.25, 0.3) is 6.08 Å². The molecule has 1 aromatic rings. The second-order valence-corrected chi connectivity index (χ2v) is 5.02. The lowest BCUT2D eigenvalue weighted by molar-refractivity contribution is -0.117. The highest BCUT2D eigenvalue weighted by molar-refractivity contribution is 5.91. The molecular formula is C15H20N2O. The van der Waals surface area contributed by atoms with Crippen LogP contribution in [0.15, 0.2) is 30.3 Å². The number of carbonyl (C=O) groups excluding carboxylic acids is 1. The van der Waals surface area contributed by atoms with Gasteiger partial charge in [-0.2, -0.15) is 0 Å². The predicted octanol–water partition coefficient (Wildman–Crippen LogP) is 2.59. The molecule has 0 spiro atoms. The van der Waals surface area contributed by atoms with E-state index < -0.39 is 0 Å². The summed E-state index contributed by atoms with van der Waals surface area (Å²) in [5, 5.41) is 3.06. The summed E-state index contributed by atoms with van der Waals surface area (Å²) < 4.78 is 0. The first-order valence-electron chi connectivity index (χ1n) is 6.49. The van der Waals surface area contributed by atoms with Gasteiger partial charge in [-0.3, -0.25) is 4.79 Å². The molecule has 0 bridgehead atoms. The number of hydrogen-bond donors (Lipinski definition) is 2. The average Bonchev–Trinajstić information content (AvgIpc) is 2.74. The molecule has 2 rings (SSSR count). The fourth-order valence-electron chi connectivity index (χ4n) is 2.37. The molecule has 1 aromatic carbocycles. The number of benzene rings is 1. The van der Waals surface area contributed by atoms with Crippen molar-refractivity contribution in [2.45, 2.75) is 32.2 Å².